The molecule has 0 aromatic heterocycles. The summed E-state index contributed by atoms with van der Waals surface area (Å²) < 4.78 is 0. The summed E-state index contributed by atoms with van der Waals surface area (Å²) in [6.45, 7) is 4.91. The van der Waals surface area contributed by atoms with E-state index in [9.17, 15) is 0 Å². The lowest BCUT2D eigenvalue weighted by molar-refractivity contribution is 0.177. The molecule has 1 saturated carbocycles. The first-order valence-electron chi connectivity index (χ1n) is 6.20. The minimum Gasteiger partial charge on any atom is -0.310 e. The van der Waals surface area contributed by atoms with Crippen LogP contribution in [0.5, 0.6) is 0 Å². The van der Waals surface area contributed by atoms with Crippen molar-refractivity contribution in [3.63, 3.8) is 0 Å². The molecule has 2 nitrogen and oxygen atoms in total. The molecule has 14 heavy (non-hydrogen) atoms. The van der Waals surface area contributed by atoms with Crippen molar-refractivity contribution in [2.24, 2.45) is 5.92 Å². The maximum atomic E-state index is 3.81. The fraction of sp³-hybridized carbons (Fsp3) is 1.00. The van der Waals surface area contributed by atoms with Crippen LogP contribution in [0.25, 0.3) is 0 Å². The van der Waals surface area contributed by atoms with Gasteiger partial charge in [0, 0.05) is 18.6 Å². The second-order valence-corrected chi connectivity index (χ2v) is 5.25. The van der Waals surface area contributed by atoms with Gasteiger partial charge in [0.15, 0.2) is 0 Å². The molecule has 0 aromatic rings. The van der Waals surface area contributed by atoms with Crippen molar-refractivity contribution in [3.05, 3.63) is 0 Å². The van der Waals surface area contributed by atoms with Crippen molar-refractivity contribution in [1.82, 2.24) is 10.2 Å². The van der Waals surface area contributed by atoms with Crippen LogP contribution in [-0.4, -0.2) is 37.1 Å². The van der Waals surface area contributed by atoms with Crippen LogP contribution in [0.3, 0.4) is 0 Å². The molecule has 2 aliphatic rings. The molecule has 1 N–H and O–H groups in total. The van der Waals surface area contributed by atoms with Crippen molar-refractivity contribution in [2.45, 2.75) is 51.1 Å². The van der Waals surface area contributed by atoms with Gasteiger partial charge in [-0.2, -0.15) is 0 Å². The third-order valence-electron chi connectivity index (χ3n) is 3.98. The molecule has 2 fully saturated rings. The van der Waals surface area contributed by atoms with Gasteiger partial charge in [0.1, 0.15) is 0 Å². The van der Waals surface area contributed by atoms with E-state index in [1.807, 2.05) is 0 Å². The van der Waals surface area contributed by atoms with Crippen LogP contribution in [0, 0.1) is 5.92 Å². The van der Waals surface area contributed by atoms with Gasteiger partial charge in [-0.1, -0.05) is 6.42 Å². The number of likely N-dealkylation sites (tertiary alicyclic amines) is 1. The summed E-state index contributed by atoms with van der Waals surface area (Å²) in [6, 6.07) is 1.50. The normalized spacial score (nSPS) is 32.6. The number of piperidine rings is 1. The van der Waals surface area contributed by atoms with E-state index in [1.165, 1.54) is 45.2 Å². The first kappa shape index (κ1) is 10.4. The molecule has 82 valence electrons. The summed E-state index contributed by atoms with van der Waals surface area (Å²) in [6.07, 6.45) is 7.11. The maximum Gasteiger partial charge on any atom is 0.0197 e. The molecule has 2 atom stereocenters. The highest BCUT2D eigenvalue weighted by Crippen LogP contribution is 2.29. The Hall–Kier alpha value is -0.0800. The molecule has 1 saturated heterocycles. The van der Waals surface area contributed by atoms with Crippen molar-refractivity contribution in [1.29, 1.82) is 0 Å². The number of rotatable bonds is 3. The molecule has 1 heterocycles. The highest BCUT2D eigenvalue weighted by molar-refractivity contribution is 4.84. The summed E-state index contributed by atoms with van der Waals surface area (Å²) in [7, 11) is 2.24. The minimum absolute atomic E-state index is 0.750. The number of likely N-dealkylation sites (N-methyl/N-ethyl adjacent to an activating group) is 1. The van der Waals surface area contributed by atoms with Gasteiger partial charge in [-0.05, 0) is 52.1 Å². The average molecular weight is 196 g/mol. The van der Waals surface area contributed by atoms with Crippen LogP contribution in [0.15, 0.2) is 0 Å². The zero-order chi connectivity index (χ0) is 9.97. The second-order valence-electron chi connectivity index (χ2n) is 5.25. The van der Waals surface area contributed by atoms with Crippen LogP contribution in [0.1, 0.15) is 39.0 Å². The molecule has 2 unspecified atom stereocenters. The predicted molar refractivity (Wildman–Crippen MR) is 60.5 cm³/mol. The fourth-order valence-corrected chi connectivity index (χ4v) is 2.75. The second kappa shape index (κ2) is 4.63. The van der Waals surface area contributed by atoms with Gasteiger partial charge in [-0.3, -0.25) is 0 Å². The third kappa shape index (κ3) is 2.48. The first-order chi connectivity index (χ1) is 6.75. The Labute approximate surface area is 88.1 Å². The molecule has 2 heteroatoms. The van der Waals surface area contributed by atoms with Gasteiger partial charge in [-0.15, -0.1) is 0 Å². The summed E-state index contributed by atoms with van der Waals surface area (Å²) in [5.74, 6) is 0.974. The average Bonchev–Trinajstić information content (AvgIpc) is 1.99. The number of hydrogen-bond donors (Lipinski definition) is 1. The van der Waals surface area contributed by atoms with E-state index in [4.69, 9.17) is 0 Å². The molecule has 0 bridgehead atoms. The summed E-state index contributed by atoms with van der Waals surface area (Å²) in [5.41, 5.74) is 0. The Morgan fingerprint density at radius 2 is 2.00 bits per heavy atom. The molecule has 1 aliphatic heterocycles. The van der Waals surface area contributed by atoms with Gasteiger partial charge in [0.05, 0.1) is 0 Å². The van der Waals surface area contributed by atoms with Crippen LogP contribution in [0.2, 0.25) is 0 Å². The van der Waals surface area contributed by atoms with E-state index in [0.717, 1.165) is 18.0 Å². The molecule has 2 rings (SSSR count). The molecule has 1 aliphatic carbocycles. The number of nitrogens with zero attached hydrogens (tertiary/aromatic N) is 1. The van der Waals surface area contributed by atoms with Gasteiger partial charge in [0.25, 0.3) is 0 Å². The number of hydrogen-bond acceptors (Lipinski definition) is 2. The van der Waals surface area contributed by atoms with Crippen molar-refractivity contribution in [2.75, 3.05) is 20.1 Å². The first-order valence-corrected chi connectivity index (χ1v) is 6.20. The molecule has 0 aromatic carbocycles. The minimum atomic E-state index is 0.750. The summed E-state index contributed by atoms with van der Waals surface area (Å²) in [5, 5.41) is 3.81. The van der Waals surface area contributed by atoms with E-state index in [1.54, 1.807) is 0 Å². The van der Waals surface area contributed by atoms with E-state index < -0.39 is 0 Å². The van der Waals surface area contributed by atoms with E-state index >= 15 is 0 Å². The number of nitrogens with one attached hydrogen (secondary N) is 1. The van der Waals surface area contributed by atoms with E-state index in [2.05, 4.69) is 24.2 Å². The highest BCUT2D eigenvalue weighted by Gasteiger charge is 2.26. The topological polar surface area (TPSA) is 15.3 Å². The molecule has 0 radical (unpaired) electrons. The van der Waals surface area contributed by atoms with Crippen LogP contribution in [-0.2, 0) is 0 Å². The highest BCUT2D eigenvalue weighted by atomic mass is 15.1. The van der Waals surface area contributed by atoms with Crippen LogP contribution >= 0.6 is 0 Å². The molecule has 0 spiro atoms. The van der Waals surface area contributed by atoms with E-state index in [0.29, 0.717) is 0 Å². The summed E-state index contributed by atoms with van der Waals surface area (Å²) in [4.78, 5) is 2.45. The Balaban J connectivity index is 1.72. The van der Waals surface area contributed by atoms with Crippen molar-refractivity contribution >= 4 is 0 Å². The van der Waals surface area contributed by atoms with Gasteiger partial charge >= 0.3 is 0 Å². The van der Waals surface area contributed by atoms with Gasteiger partial charge in [0.2, 0.25) is 0 Å². The quantitative estimate of drug-likeness (QED) is 0.741. The lowest BCUT2D eigenvalue weighted by Crippen LogP contribution is -2.50. The maximum absolute atomic E-state index is 3.81. The Morgan fingerprint density at radius 3 is 2.57 bits per heavy atom. The SMILES string of the molecule is CC(NC1CCCN(C)C1)C1CCC1. The zero-order valence-corrected chi connectivity index (χ0v) is 9.63. The summed E-state index contributed by atoms with van der Waals surface area (Å²) >= 11 is 0. The predicted octanol–water partition coefficient (Wildman–Crippen LogP) is 1.86. The largest absolute Gasteiger partial charge is 0.310 e. The Morgan fingerprint density at radius 1 is 1.21 bits per heavy atom. The van der Waals surface area contributed by atoms with Crippen LogP contribution < -0.4 is 5.32 Å². The fourth-order valence-electron chi connectivity index (χ4n) is 2.75. The lowest BCUT2D eigenvalue weighted by Gasteiger charge is -2.37. The third-order valence-corrected chi connectivity index (χ3v) is 3.98. The monoisotopic (exact) mass is 196 g/mol. The molecular formula is C12H24N2. The van der Waals surface area contributed by atoms with Crippen molar-refractivity contribution in [3.8, 4) is 0 Å². The Bertz CT molecular complexity index is 177. The van der Waals surface area contributed by atoms with Gasteiger partial charge < -0.3 is 10.2 Å². The standard InChI is InChI=1S/C12H24N2/c1-10(11-5-3-6-11)13-12-7-4-8-14(2)9-12/h10-13H,3-9H2,1-2H3. The molecular weight excluding hydrogens is 172 g/mol. The lowest BCUT2D eigenvalue weighted by atomic mass is 9.80. The Kier molecular flexibility index (Phi) is 3.45. The zero-order valence-electron chi connectivity index (χ0n) is 9.63. The van der Waals surface area contributed by atoms with Crippen molar-refractivity contribution < 1.29 is 0 Å². The smallest absolute Gasteiger partial charge is 0.0197 e. The van der Waals surface area contributed by atoms with Crippen LogP contribution in [0.4, 0.5) is 0 Å². The van der Waals surface area contributed by atoms with Gasteiger partial charge in [-0.25, -0.2) is 0 Å². The van der Waals surface area contributed by atoms with E-state index in [-0.39, 0.29) is 0 Å². The molecule has 0 amide bonds.